The van der Waals surface area contributed by atoms with E-state index in [9.17, 15) is 0 Å². The molecule has 2 rings (SSSR count). The molecule has 0 spiro atoms. The molecular weight excluding hydrogens is 184 g/mol. The predicted octanol–water partition coefficient (Wildman–Crippen LogP) is 3.58. The molecule has 1 nitrogen and oxygen atoms in total. The van der Waals surface area contributed by atoms with Gasteiger partial charge in [-0.15, -0.1) is 6.58 Å². The molecule has 0 bridgehead atoms. The Kier molecular flexibility index (Phi) is 2.72. The molecule has 1 heteroatoms. The Bertz CT molecular complexity index is 486. The van der Waals surface area contributed by atoms with Crippen molar-refractivity contribution in [2.45, 2.75) is 6.42 Å². The van der Waals surface area contributed by atoms with Gasteiger partial charge in [0, 0.05) is 0 Å². The minimum Gasteiger partial charge on any atom is -0.497 e. The molecule has 15 heavy (non-hydrogen) atoms. The van der Waals surface area contributed by atoms with Gasteiger partial charge >= 0.3 is 0 Å². The molecule has 0 fully saturated rings. The average molecular weight is 198 g/mol. The van der Waals surface area contributed by atoms with Gasteiger partial charge in [0.15, 0.2) is 0 Å². The van der Waals surface area contributed by atoms with Crippen molar-refractivity contribution >= 4 is 10.8 Å². The third-order valence-electron chi connectivity index (χ3n) is 2.54. The number of rotatable bonds is 3. The van der Waals surface area contributed by atoms with Gasteiger partial charge in [0.1, 0.15) is 5.75 Å². The van der Waals surface area contributed by atoms with E-state index in [1.54, 1.807) is 7.11 Å². The number of methoxy groups -OCH3 is 1. The summed E-state index contributed by atoms with van der Waals surface area (Å²) < 4.78 is 5.23. The van der Waals surface area contributed by atoms with E-state index >= 15 is 0 Å². The van der Waals surface area contributed by atoms with E-state index in [-0.39, 0.29) is 0 Å². The van der Waals surface area contributed by atoms with Crippen LogP contribution in [0.4, 0.5) is 0 Å². The van der Waals surface area contributed by atoms with Gasteiger partial charge in [0.05, 0.1) is 7.11 Å². The first kappa shape index (κ1) is 9.78. The Hall–Kier alpha value is -1.76. The maximum atomic E-state index is 5.23. The molecular formula is C14H14O. The van der Waals surface area contributed by atoms with Crippen LogP contribution in [-0.2, 0) is 6.42 Å². The van der Waals surface area contributed by atoms with Crippen LogP contribution in [0.25, 0.3) is 10.8 Å². The molecule has 0 radical (unpaired) electrons. The first-order valence-electron chi connectivity index (χ1n) is 5.01. The van der Waals surface area contributed by atoms with E-state index in [1.807, 2.05) is 12.1 Å². The maximum absolute atomic E-state index is 5.23. The molecule has 0 N–H and O–H groups in total. The average Bonchev–Trinajstić information content (AvgIpc) is 2.29. The fourth-order valence-electron chi connectivity index (χ4n) is 1.78. The minimum absolute atomic E-state index is 0.893. The lowest BCUT2D eigenvalue weighted by atomic mass is 10.0. The molecule has 0 amide bonds. The summed E-state index contributed by atoms with van der Waals surface area (Å²) in [4.78, 5) is 0. The highest BCUT2D eigenvalue weighted by Crippen LogP contribution is 2.24. The first-order valence-corrected chi connectivity index (χ1v) is 5.01. The van der Waals surface area contributed by atoms with Crippen LogP contribution in [0.5, 0.6) is 5.75 Å². The number of fused-ring (bicyclic) bond motifs is 1. The highest BCUT2D eigenvalue weighted by atomic mass is 16.5. The van der Waals surface area contributed by atoms with Crippen molar-refractivity contribution in [1.82, 2.24) is 0 Å². The summed E-state index contributed by atoms with van der Waals surface area (Å²) in [5.41, 5.74) is 1.29. The molecule has 0 saturated heterocycles. The zero-order valence-electron chi connectivity index (χ0n) is 8.86. The summed E-state index contributed by atoms with van der Waals surface area (Å²) in [5.74, 6) is 0.902. The Morgan fingerprint density at radius 2 is 2.13 bits per heavy atom. The van der Waals surface area contributed by atoms with Crippen molar-refractivity contribution in [1.29, 1.82) is 0 Å². The van der Waals surface area contributed by atoms with Gasteiger partial charge in [-0.25, -0.2) is 0 Å². The second kappa shape index (κ2) is 4.18. The molecule has 0 aromatic heterocycles. The minimum atomic E-state index is 0.893. The van der Waals surface area contributed by atoms with Crippen molar-refractivity contribution in [2.24, 2.45) is 0 Å². The first-order chi connectivity index (χ1) is 7.35. The van der Waals surface area contributed by atoms with Crippen LogP contribution in [0, 0.1) is 0 Å². The van der Waals surface area contributed by atoms with Crippen LogP contribution in [0.15, 0.2) is 49.1 Å². The molecule has 0 saturated carbocycles. The summed E-state index contributed by atoms with van der Waals surface area (Å²) in [6.45, 7) is 3.77. The molecule has 0 aliphatic heterocycles. The SMILES string of the molecule is C=CCc1cccc2ccc(OC)cc12. The number of hydrogen-bond acceptors (Lipinski definition) is 1. The fourth-order valence-corrected chi connectivity index (χ4v) is 1.78. The standard InChI is InChI=1S/C14H14O/c1-3-5-11-6-4-7-12-8-9-13(15-2)10-14(11)12/h3-4,6-10H,1,5H2,2H3. The lowest BCUT2D eigenvalue weighted by Gasteiger charge is -2.06. The van der Waals surface area contributed by atoms with Crippen LogP contribution in [0.2, 0.25) is 0 Å². The van der Waals surface area contributed by atoms with Crippen molar-refractivity contribution in [3.63, 3.8) is 0 Å². The van der Waals surface area contributed by atoms with Crippen molar-refractivity contribution < 1.29 is 4.74 Å². The highest BCUT2D eigenvalue weighted by Gasteiger charge is 2.00. The molecule has 2 aromatic carbocycles. The summed E-state index contributed by atoms with van der Waals surface area (Å²) in [5, 5.41) is 2.49. The summed E-state index contributed by atoms with van der Waals surface area (Å²) >= 11 is 0. The molecule has 0 aliphatic rings. The molecule has 76 valence electrons. The van der Waals surface area contributed by atoms with E-state index in [0.29, 0.717) is 0 Å². The van der Waals surface area contributed by atoms with E-state index in [0.717, 1.165) is 12.2 Å². The number of ether oxygens (including phenoxy) is 1. The smallest absolute Gasteiger partial charge is 0.119 e. The maximum Gasteiger partial charge on any atom is 0.119 e. The fraction of sp³-hybridized carbons (Fsp3) is 0.143. The molecule has 0 aliphatic carbocycles. The van der Waals surface area contributed by atoms with E-state index in [2.05, 4.69) is 36.9 Å². The van der Waals surface area contributed by atoms with Crippen molar-refractivity contribution in [2.75, 3.05) is 7.11 Å². The van der Waals surface area contributed by atoms with Crippen LogP contribution in [0.1, 0.15) is 5.56 Å². The zero-order valence-corrected chi connectivity index (χ0v) is 8.86. The van der Waals surface area contributed by atoms with Crippen LogP contribution in [0.3, 0.4) is 0 Å². The number of benzene rings is 2. The zero-order chi connectivity index (χ0) is 10.7. The number of allylic oxidation sites excluding steroid dienone is 1. The quantitative estimate of drug-likeness (QED) is 0.685. The van der Waals surface area contributed by atoms with Gasteiger partial charge < -0.3 is 4.74 Å². The second-order valence-corrected chi connectivity index (χ2v) is 3.50. The topological polar surface area (TPSA) is 9.23 Å². The molecule has 2 aromatic rings. The Morgan fingerprint density at radius 1 is 1.27 bits per heavy atom. The summed E-state index contributed by atoms with van der Waals surface area (Å²) in [7, 11) is 1.69. The van der Waals surface area contributed by atoms with Gasteiger partial charge in [0.25, 0.3) is 0 Å². The van der Waals surface area contributed by atoms with E-state index in [4.69, 9.17) is 4.74 Å². The van der Waals surface area contributed by atoms with Crippen LogP contribution >= 0.6 is 0 Å². The lowest BCUT2D eigenvalue weighted by Crippen LogP contribution is -1.86. The highest BCUT2D eigenvalue weighted by molar-refractivity contribution is 5.87. The van der Waals surface area contributed by atoms with Crippen molar-refractivity contribution in [3.8, 4) is 5.75 Å². The summed E-state index contributed by atoms with van der Waals surface area (Å²) in [6.07, 6.45) is 2.82. The van der Waals surface area contributed by atoms with E-state index in [1.165, 1.54) is 16.3 Å². The third kappa shape index (κ3) is 1.86. The molecule has 0 unspecified atom stereocenters. The largest absolute Gasteiger partial charge is 0.497 e. The van der Waals surface area contributed by atoms with Gasteiger partial charge in [-0.1, -0.05) is 30.3 Å². The Labute approximate surface area is 90.0 Å². The van der Waals surface area contributed by atoms with Crippen LogP contribution < -0.4 is 4.74 Å². The van der Waals surface area contributed by atoms with Gasteiger partial charge in [0.2, 0.25) is 0 Å². The van der Waals surface area contributed by atoms with Gasteiger partial charge in [-0.05, 0) is 34.9 Å². The predicted molar refractivity (Wildman–Crippen MR) is 64.4 cm³/mol. The van der Waals surface area contributed by atoms with Gasteiger partial charge in [-0.2, -0.15) is 0 Å². The Balaban J connectivity index is 2.64. The molecule has 0 heterocycles. The van der Waals surface area contributed by atoms with Crippen LogP contribution in [-0.4, -0.2) is 7.11 Å². The summed E-state index contributed by atoms with van der Waals surface area (Å²) in [6, 6.07) is 12.5. The third-order valence-corrected chi connectivity index (χ3v) is 2.54. The van der Waals surface area contributed by atoms with Gasteiger partial charge in [-0.3, -0.25) is 0 Å². The normalized spacial score (nSPS) is 10.2. The van der Waals surface area contributed by atoms with E-state index < -0.39 is 0 Å². The molecule has 0 atom stereocenters. The lowest BCUT2D eigenvalue weighted by molar-refractivity contribution is 0.415. The monoisotopic (exact) mass is 198 g/mol. The van der Waals surface area contributed by atoms with Crippen molar-refractivity contribution in [3.05, 3.63) is 54.6 Å². The Morgan fingerprint density at radius 3 is 2.87 bits per heavy atom. The second-order valence-electron chi connectivity index (χ2n) is 3.50. The number of hydrogen-bond donors (Lipinski definition) is 0.